The van der Waals surface area contributed by atoms with Crippen molar-refractivity contribution < 1.29 is 19.1 Å². The second-order valence-electron chi connectivity index (χ2n) is 6.54. The number of anilines is 1. The van der Waals surface area contributed by atoms with E-state index < -0.39 is 12.1 Å². The number of esters is 1. The Morgan fingerprint density at radius 3 is 2.35 bits per heavy atom. The normalized spacial score (nSPS) is 13.9. The molecule has 1 aliphatic rings. The average molecular weight is 351 g/mol. The molecule has 5 heteroatoms. The number of fused-ring (bicyclic) bond motifs is 1. The lowest BCUT2D eigenvalue weighted by atomic mass is 10.0. The predicted octanol–water partition coefficient (Wildman–Crippen LogP) is 3.33. The van der Waals surface area contributed by atoms with Crippen LogP contribution in [0, 0.1) is 6.92 Å². The Balaban J connectivity index is 1.72. The molecule has 1 atom stereocenters. The number of hydrogen-bond donors (Lipinski definition) is 0. The fourth-order valence-corrected chi connectivity index (χ4v) is 3.09. The van der Waals surface area contributed by atoms with Crippen molar-refractivity contribution in [2.45, 2.75) is 33.3 Å². The van der Waals surface area contributed by atoms with Crippen LogP contribution in [-0.2, 0) is 16.0 Å². The van der Waals surface area contributed by atoms with Crippen LogP contribution in [0.15, 0.2) is 42.5 Å². The molecule has 0 aromatic heterocycles. The first-order valence-electron chi connectivity index (χ1n) is 8.59. The number of amides is 1. The standard InChI is InChI=1S/C21H21NO4/c1-13-4-6-16(7-5-13)21(25)26-14(2)20(24)18-8-9-19-17(12-18)10-11-22(19)15(3)23/h4-9,12,14H,10-11H2,1-3H3. The summed E-state index contributed by atoms with van der Waals surface area (Å²) >= 11 is 0. The molecule has 2 aromatic rings. The number of benzene rings is 2. The number of Topliss-reactive ketones (excluding diaryl/α,β-unsaturated/α-hetero) is 1. The molecule has 134 valence electrons. The molecule has 0 fully saturated rings. The van der Waals surface area contributed by atoms with Gasteiger partial charge in [-0.15, -0.1) is 0 Å². The maximum absolute atomic E-state index is 12.6. The fourth-order valence-electron chi connectivity index (χ4n) is 3.09. The van der Waals surface area contributed by atoms with Crippen LogP contribution in [0.5, 0.6) is 0 Å². The molecular formula is C21H21NO4. The van der Waals surface area contributed by atoms with Crippen LogP contribution >= 0.6 is 0 Å². The molecule has 0 radical (unpaired) electrons. The molecule has 3 rings (SSSR count). The van der Waals surface area contributed by atoms with E-state index in [-0.39, 0.29) is 11.7 Å². The third-order valence-electron chi connectivity index (χ3n) is 4.58. The van der Waals surface area contributed by atoms with Crippen molar-refractivity contribution in [1.82, 2.24) is 0 Å². The zero-order valence-corrected chi connectivity index (χ0v) is 15.1. The Hall–Kier alpha value is -2.95. The largest absolute Gasteiger partial charge is 0.451 e. The zero-order valence-electron chi connectivity index (χ0n) is 15.1. The number of rotatable bonds is 4. The lowest BCUT2D eigenvalue weighted by Gasteiger charge is -2.16. The van der Waals surface area contributed by atoms with Gasteiger partial charge in [0.1, 0.15) is 0 Å². The van der Waals surface area contributed by atoms with E-state index in [4.69, 9.17) is 4.74 Å². The first kappa shape index (κ1) is 17.9. The summed E-state index contributed by atoms with van der Waals surface area (Å²) in [5.41, 5.74) is 3.75. The Morgan fingerprint density at radius 1 is 1.04 bits per heavy atom. The SMILES string of the molecule is CC(=O)N1CCc2cc(C(=O)C(C)OC(=O)c3ccc(C)cc3)ccc21. The lowest BCUT2D eigenvalue weighted by Crippen LogP contribution is -2.26. The Bertz CT molecular complexity index is 870. The van der Waals surface area contributed by atoms with E-state index in [9.17, 15) is 14.4 Å². The van der Waals surface area contributed by atoms with Crippen LogP contribution in [0.2, 0.25) is 0 Å². The van der Waals surface area contributed by atoms with Crippen molar-refractivity contribution in [2.75, 3.05) is 11.4 Å². The van der Waals surface area contributed by atoms with Gasteiger partial charge < -0.3 is 9.64 Å². The topological polar surface area (TPSA) is 63.7 Å². The Morgan fingerprint density at radius 2 is 1.69 bits per heavy atom. The highest BCUT2D eigenvalue weighted by atomic mass is 16.5. The minimum Gasteiger partial charge on any atom is -0.451 e. The molecule has 0 aliphatic carbocycles. The van der Waals surface area contributed by atoms with E-state index >= 15 is 0 Å². The van der Waals surface area contributed by atoms with E-state index in [0.29, 0.717) is 24.1 Å². The van der Waals surface area contributed by atoms with Gasteiger partial charge in [-0.1, -0.05) is 17.7 Å². The molecule has 0 saturated heterocycles. The van der Waals surface area contributed by atoms with Crippen LogP contribution in [0.3, 0.4) is 0 Å². The second-order valence-corrected chi connectivity index (χ2v) is 6.54. The molecule has 26 heavy (non-hydrogen) atoms. The molecule has 0 N–H and O–H groups in total. The van der Waals surface area contributed by atoms with E-state index in [0.717, 1.165) is 16.8 Å². The van der Waals surface area contributed by atoms with Gasteiger partial charge in [-0.2, -0.15) is 0 Å². The van der Waals surface area contributed by atoms with Crippen LogP contribution in [0.1, 0.15) is 45.7 Å². The molecule has 2 aromatic carbocycles. The molecule has 0 saturated carbocycles. The second kappa shape index (κ2) is 7.12. The summed E-state index contributed by atoms with van der Waals surface area (Å²) in [6.07, 6.45) is -0.166. The van der Waals surface area contributed by atoms with E-state index in [1.54, 1.807) is 42.2 Å². The first-order chi connectivity index (χ1) is 12.4. The molecule has 1 amide bonds. The zero-order chi connectivity index (χ0) is 18.8. The molecule has 0 spiro atoms. The van der Waals surface area contributed by atoms with Gasteiger partial charge in [0.2, 0.25) is 11.7 Å². The number of hydrogen-bond acceptors (Lipinski definition) is 4. The molecule has 1 heterocycles. The van der Waals surface area contributed by atoms with Crippen molar-refractivity contribution in [3.63, 3.8) is 0 Å². The Kier molecular flexibility index (Phi) is 4.89. The van der Waals surface area contributed by atoms with Gasteiger partial charge in [-0.3, -0.25) is 9.59 Å². The lowest BCUT2D eigenvalue weighted by molar-refractivity contribution is -0.116. The van der Waals surface area contributed by atoms with Crippen molar-refractivity contribution in [3.8, 4) is 0 Å². The van der Waals surface area contributed by atoms with Gasteiger partial charge in [0.25, 0.3) is 0 Å². The van der Waals surface area contributed by atoms with Crippen molar-refractivity contribution in [1.29, 1.82) is 0 Å². The number of ketones is 1. The van der Waals surface area contributed by atoms with Crippen LogP contribution < -0.4 is 4.90 Å². The third kappa shape index (κ3) is 3.52. The minimum absolute atomic E-state index is 0.0109. The minimum atomic E-state index is -0.882. The summed E-state index contributed by atoms with van der Waals surface area (Å²) in [6, 6.07) is 12.3. The van der Waals surface area contributed by atoms with Gasteiger partial charge in [0.15, 0.2) is 6.10 Å². The number of carbonyl (C=O) groups is 3. The fraction of sp³-hybridized carbons (Fsp3) is 0.286. The summed E-state index contributed by atoms with van der Waals surface area (Å²) in [4.78, 5) is 38.1. The molecule has 0 bridgehead atoms. The quantitative estimate of drug-likeness (QED) is 0.626. The maximum Gasteiger partial charge on any atom is 0.338 e. The smallest absolute Gasteiger partial charge is 0.338 e. The monoisotopic (exact) mass is 351 g/mol. The summed E-state index contributed by atoms with van der Waals surface area (Å²) < 4.78 is 5.32. The molecule has 5 nitrogen and oxygen atoms in total. The van der Waals surface area contributed by atoms with Gasteiger partial charge in [-0.25, -0.2) is 4.79 Å². The highest BCUT2D eigenvalue weighted by molar-refractivity contribution is 6.02. The number of aryl methyl sites for hydroxylation is 1. The summed E-state index contributed by atoms with van der Waals surface area (Å²) in [5.74, 6) is -0.785. The van der Waals surface area contributed by atoms with Crippen LogP contribution in [0.4, 0.5) is 5.69 Å². The van der Waals surface area contributed by atoms with E-state index in [2.05, 4.69) is 0 Å². The van der Waals surface area contributed by atoms with Crippen molar-refractivity contribution in [3.05, 3.63) is 64.7 Å². The Labute approximate surface area is 152 Å². The number of nitrogens with zero attached hydrogens (tertiary/aromatic N) is 1. The molecular weight excluding hydrogens is 330 g/mol. The average Bonchev–Trinajstić information content (AvgIpc) is 3.04. The summed E-state index contributed by atoms with van der Waals surface area (Å²) in [7, 11) is 0. The van der Waals surface area contributed by atoms with Gasteiger partial charge in [-0.05, 0) is 56.2 Å². The predicted molar refractivity (Wildman–Crippen MR) is 98.6 cm³/mol. The highest BCUT2D eigenvalue weighted by Crippen LogP contribution is 2.29. The van der Waals surface area contributed by atoms with Crippen LogP contribution in [0.25, 0.3) is 0 Å². The number of carbonyl (C=O) groups excluding carboxylic acids is 3. The van der Waals surface area contributed by atoms with Crippen molar-refractivity contribution >= 4 is 23.3 Å². The van der Waals surface area contributed by atoms with Gasteiger partial charge in [0.05, 0.1) is 5.56 Å². The van der Waals surface area contributed by atoms with E-state index in [1.165, 1.54) is 6.92 Å². The van der Waals surface area contributed by atoms with Crippen molar-refractivity contribution in [2.24, 2.45) is 0 Å². The highest BCUT2D eigenvalue weighted by Gasteiger charge is 2.25. The summed E-state index contributed by atoms with van der Waals surface area (Å²) in [6.45, 7) is 5.66. The number of ether oxygens (including phenoxy) is 1. The first-order valence-corrected chi connectivity index (χ1v) is 8.59. The van der Waals surface area contributed by atoms with E-state index in [1.807, 2.05) is 19.1 Å². The van der Waals surface area contributed by atoms with Crippen LogP contribution in [-0.4, -0.2) is 30.3 Å². The third-order valence-corrected chi connectivity index (χ3v) is 4.58. The van der Waals surface area contributed by atoms with Gasteiger partial charge >= 0.3 is 5.97 Å². The molecule has 1 aliphatic heterocycles. The van der Waals surface area contributed by atoms with Gasteiger partial charge in [0, 0.05) is 24.7 Å². The maximum atomic E-state index is 12.6. The molecule has 1 unspecified atom stereocenters. The summed E-state index contributed by atoms with van der Waals surface area (Å²) in [5, 5.41) is 0.